The monoisotopic (exact) mass is 397 g/mol. The van der Waals surface area contributed by atoms with Gasteiger partial charge >= 0.3 is 0 Å². The first-order chi connectivity index (χ1) is 13.9. The Morgan fingerprint density at radius 2 is 1.72 bits per heavy atom. The van der Waals surface area contributed by atoms with Crippen molar-refractivity contribution in [3.05, 3.63) is 58.0 Å². The zero-order valence-electron chi connectivity index (χ0n) is 17.2. The number of carbonyl (C=O) groups excluding carboxylic acids is 2. The van der Waals surface area contributed by atoms with Crippen LogP contribution in [0.2, 0.25) is 0 Å². The summed E-state index contributed by atoms with van der Waals surface area (Å²) in [5.41, 5.74) is 1.70. The number of para-hydroxylation sites is 1. The summed E-state index contributed by atoms with van der Waals surface area (Å²) in [6, 6.07) is 10.5. The average Bonchev–Trinajstić information content (AvgIpc) is 2.73. The van der Waals surface area contributed by atoms with Crippen LogP contribution in [0, 0.1) is 0 Å². The molecule has 0 saturated carbocycles. The second-order valence-electron chi connectivity index (χ2n) is 7.36. The van der Waals surface area contributed by atoms with Crippen LogP contribution in [0.1, 0.15) is 29.4 Å². The number of rotatable bonds is 1. The maximum Gasteiger partial charge on any atom is 0.274 e. The molecule has 0 atom stereocenters. The van der Waals surface area contributed by atoms with Gasteiger partial charge in [0.25, 0.3) is 11.5 Å². The Bertz CT molecular complexity index is 955. The molecular weight excluding hydrogens is 370 g/mol. The molecule has 2 amide bonds. The molecule has 1 aliphatic rings. The van der Waals surface area contributed by atoms with Crippen molar-refractivity contribution >= 4 is 17.5 Å². The smallest absolute Gasteiger partial charge is 0.274 e. The number of benzene rings is 1. The minimum Gasteiger partial charge on any atom is -0.332 e. The van der Waals surface area contributed by atoms with E-state index in [1.807, 2.05) is 31.3 Å². The van der Waals surface area contributed by atoms with Gasteiger partial charge in [0.05, 0.1) is 0 Å². The van der Waals surface area contributed by atoms with Gasteiger partial charge in [0.15, 0.2) is 0 Å². The van der Waals surface area contributed by atoms with E-state index in [9.17, 15) is 14.4 Å². The van der Waals surface area contributed by atoms with Crippen molar-refractivity contribution in [3.63, 3.8) is 0 Å². The average molecular weight is 397 g/mol. The van der Waals surface area contributed by atoms with Gasteiger partial charge in [0.1, 0.15) is 5.69 Å². The van der Waals surface area contributed by atoms with E-state index < -0.39 is 0 Å². The number of nitrogens with zero attached hydrogens (tertiary/aromatic N) is 5. The van der Waals surface area contributed by atoms with Crippen molar-refractivity contribution in [3.8, 4) is 0 Å². The molecule has 0 fully saturated rings. The van der Waals surface area contributed by atoms with Crippen molar-refractivity contribution < 1.29 is 9.59 Å². The SMILES string of the molecule is CC(=O)N1CCCN(C)CCN(C(=O)c2ccc(=O)n(C)n2)Cc2ccccc21. The fourth-order valence-corrected chi connectivity index (χ4v) is 3.49. The van der Waals surface area contributed by atoms with Gasteiger partial charge in [-0.1, -0.05) is 18.2 Å². The number of likely N-dealkylation sites (N-methyl/N-ethyl adjacent to an activating group) is 1. The maximum absolute atomic E-state index is 13.2. The highest BCUT2D eigenvalue weighted by molar-refractivity contribution is 5.93. The topological polar surface area (TPSA) is 78.8 Å². The molecule has 1 aliphatic heterocycles. The normalized spacial score (nSPS) is 16.1. The molecule has 29 heavy (non-hydrogen) atoms. The maximum atomic E-state index is 13.2. The number of aromatic nitrogens is 2. The number of hydrogen-bond donors (Lipinski definition) is 0. The number of hydrogen-bond acceptors (Lipinski definition) is 5. The van der Waals surface area contributed by atoms with Gasteiger partial charge in [0, 0.05) is 51.9 Å². The summed E-state index contributed by atoms with van der Waals surface area (Å²) >= 11 is 0. The second kappa shape index (κ2) is 9.00. The number of anilines is 1. The summed E-state index contributed by atoms with van der Waals surface area (Å²) in [6.45, 7) is 4.61. The van der Waals surface area contributed by atoms with E-state index in [-0.39, 0.29) is 23.1 Å². The Morgan fingerprint density at radius 1 is 0.966 bits per heavy atom. The summed E-state index contributed by atoms with van der Waals surface area (Å²) in [6.07, 6.45) is 0.848. The predicted octanol–water partition coefficient (Wildman–Crippen LogP) is 1.11. The largest absolute Gasteiger partial charge is 0.332 e. The van der Waals surface area contributed by atoms with Crippen molar-refractivity contribution in [2.75, 3.05) is 38.1 Å². The van der Waals surface area contributed by atoms with Crippen LogP contribution in [0.15, 0.2) is 41.2 Å². The number of carbonyl (C=O) groups is 2. The lowest BCUT2D eigenvalue weighted by Crippen LogP contribution is -2.38. The zero-order chi connectivity index (χ0) is 21.0. The van der Waals surface area contributed by atoms with Crippen LogP contribution in [0.3, 0.4) is 0 Å². The Balaban J connectivity index is 1.98. The van der Waals surface area contributed by atoms with Gasteiger partial charge in [-0.2, -0.15) is 5.10 Å². The quantitative estimate of drug-likeness (QED) is 0.720. The fourth-order valence-electron chi connectivity index (χ4n) is 3.49. The standard InChI is InChI=1S/C21H27N5O3/c1-16(27)26-12-6-11-23(2)13-14-25(15-17-7-4-5-8-19(17)26)21(29)18-9-10-20(28)24(3)22-18/h4-5,7-10H,6,11-15H2,1-3H3. The predicted molar refractivity (Wildman–Crippen MR) is 111 cm³/mol. The molecule has 0 unspecified atom stereocenters. The minimum atomic E-state index is -0.263. The van der Waals surface area contributed by atoms with Gasteiger partial charge in [-0.05, 0) is 37.7 Å². The fraction of sp³-hybridized carbons (Fsp3) is 0.429. The number of fused-ring (bicyclic) bond motifs is 1. The molecule has 8 heteroatoms. The Hall–Kier alpha value is -3.00. The van der Waals surface area contributed by atoms with Crippen molar-refractivity contribution in [1.29, 1.82) is 0 Å². The van der Waals surface area contributed by atoms with E-state index in [0.29, 0.717) is 26.2 Å². The molecule has 1 aromatic heterocycles. The molecule has 3 rings (SSSR count). The third-order valence-electron chi connectivity index (χ3n) is 5.16. The van der Waals surface area contributed by atoms with Crippen LogP contribution in [0.4, 0.5) is 5.69 Å². The lowest BCUT2D eigenvalue weighted by Gasteiger charge is -2.27. The molecule has 2 heterocycles. The lowest BCUT2D eigenvalue weighted by atomic mass is 10.1. The first kappa shape index (κ1) is 20.7. The van der Waals surface area contributed by atoms with Crippen molar-refractivity contribution in [1.82, 2.24) is 19.6 Å². The van der Waals surface area contributed by atoms with Crippen LogP contribution < -0.4 is 10.5 Å². The Labute approximate surface area is 170 Å². The van der Waals surface area contributed by atoms with E-state index in [2.05, 4.69) is 10.00 Å². The summed E-state index contributed by atoms with van der Waals surface area (Å²) in [4.78, 5) is 42.8. The molecule has 0 aliphatic carbocycles. The van der Waals surface area contributed by atoms with Crippen LogP contribution in [-0.4, -0.2) is 64.6 Å². The highest BCUT2D eigenvalue weighted by atomic mass is 16.2. The summed E-state index contributed by atoms with van der Waals surface area (Å²) in [5.74, 6) is -0.255. The molecule has 0 spiro atoms. The highest BCUT2D eigenvalue weighted by Gasteiger charge is 2.23. The third kappa shape index (κ3) is 4.89. The van der Waals surface area contributed by atoms with Gasteiger partial charge in [0.2, 0.25) is 5.91 Å². The number of amides is 2. The third-order valence-corrected chi connectivity index (χ3v) is 5.16. The molecule has 8 nitrogen and oxygen atoms in total. The second-order valence-corrected chi connectivity index (χ2v) is 7.36. The summed E-state index contributed by atoms with van der Waals surface area (Å²) in [7, 11) is 3.54. The number of aryl methyl sites for hydroxylation is 1. The van der Waals surface area contributed by atoms with Gasteiger partial charge < -0.3 is 14.7 Å². The zero-order valence-corrected chi connectivity index (χ0v) is 17.2. The molecule has 0 saturated heterocycles. The first-order valence-electron chi connectivity index (χ1n) is 9.75. The van der Waals surface area contributed by atoms with Crippen LogP contribution >= 0.6 is 0 Å². The van der Waals surface area contributed by atoms with E-state index >= 15 is 0 Å². The highest BCUT2D eigenvalue weighted by Crippen LogP contribution is 2.24. The molecule has 0 N–H and O–H groups in total. The van der Waals surface area contributed by atoms with Crippen molar-refractivity contribution in [2.45, 2.75) is 19.9 Å². The molecule has 0 radical (unpaired) electrons. The van der Waals surface area contributed by atoms with Crippen LogP contribution in [-0.2, 0) is 18.4 Å². The first-order valence-corrected chi connectivity index (χ1v) is 9.75. The van der Waals surface area contributed by atoms with E-state index in [1.54, 1.807) is 16.7 Å². The Morgan fingerprint density at radius 3 is 2.45 bits per heavy atom. The van der Waals surface area contributed by atoms with E-state index in [1.165, 1.54) is 19.2 Å². The molecule has 1 aromatic carbocycles. The van der Waals surface area contributed by atoms with E-state index in [4.69, 9.17) is 0 Å². The molecule has 154 valence electrons. The molecule has 2 aromatic rings. The minimum absolute atomic E-state index is 0.0167. The van der Waals surface area contributed by atoms with Crippen molar-refractivity contribution in [2.24, 2.45) is 7.05 Å². The van der Waals surface area contributed by atoms with Crippen LogP contribution in [0.5, 0.6) is 0 Å². The summed E-state index contributed by atoms with van der Waals surface area (Å²) < 4.78 is 1.16. The van der Waals surface area contributed by atoms with E-state index in [0.717, 1.165) is 28.9 Å². The molecule has 0 bridgehead atoms. The van der Waals surface area contributed by atoms with Crippen LogP contribution in [0.25, 0.3) is 0 Å². The Kier molecular flexibility index (Phi) is 6.43. The summed E-state index contributed by atoms with van der Waals surface area (Å²) in [5, 5.41) is 4.12. The van der Waals surface area contributed by atoms with Gasteiger partial charge in [-0.15, -0.1) is 0 Å². The molecular formula is C21H27N5O3. The lowest BCUT2D eigenvalue weighted by molar-refractivity contribution is -0.116. The van der Waals surface area contributed by atoms with Gasteiger partial charge in [-0.3, -0.25) is 14.4 Å². The van der Waals surface area contributed by atoms with Gasteiger partial charge in [-0.25, -0.2) is 4.68 Å².